The predicted molar refractivity (Wildman–Crippen MR) is 79.7 cm³/mol. The second-order valence-corrected chi connectivity index (χ2v) is 6.18. The molecule has 0 bridgehead atoms. The third kappa shape index (κ3) is 5.28. The molecule has 0 aromatic carbocycles. The highest BCUT2D eigenvalue weighted by Gasteiger charge is 2.37. The maximum atomic E-state index is 12.6. The zero-order valence-corrected chi connectivity index (χ0v) is 13.2. The highest BCUT2D eigenvalue weighted by Crippen LogP contribution is 2.20. The van der Waals surface area contributed by atoms with Crippen LogP contribution in [0, 0.1) is 5.92 Å². The number of aliphatic hydroxyl groups is 1. The molecule has 3 unspecified atom stereocenters. The summed E-state index contributed by atoms with van der Waals surface area (Å²) < 4.78 is 0. The number of aliphatic carboxylic acids is 1. The highest BCUT2D eigenvalue weighted by atomic mass is 16.4. The fourth-order valence-electron chi connectivity index (χ4n) is 2.79. The molecule has 1 aliphatic rings. The second-order valence-electron chi connectivity index (χ2n) is 6.18. The van der Waals surface area contributed by atoms with E-state index in [1.165, 1.54) is 4.90 Å². The lowest BCUT2D eigenvalue weighted by atomic mass is 10.0. The lowest BCUT2D eigenvalue weighted by Gasteiger charge is -2.29. The van der Waals surface area contributed by atoms with Crippen LogP contribution in [0.3, 0.4) is 0 Å². The molecule has 0 aromatic rings. The number of nitrogens with zero attached hydrogens (tertiary/aromatic N) is 1. The Morgan fingerprint density at radius 1 is 1.38 bits per heavy atom. The SMILES string of the molecule is CCCC(O)NC(CC(C)C)C(=O)N1CCCC1C(=O)O. The highest BCUT2D eigenvalue weighted by molar-refractivity contribution is 5.87. The van der Waals surface area contributed by atoms with Gasteiger partial charge in [0.25, 0.3) is 0 Å². The molecule has 1 saturated heterocycles. The molecule has 0 aromatic heterocycles. The lowest BCUT2D eigenvalue weighted by Crippen LogP contribution is -2.53. The molecule has 1 amide bonds. The first-order valence-electron chi connectivity index (χ1n) is 7.84. The van der Waals surface area contributed by atoms with Crippen molar-refractivity contribution in [1.82, 2.24) is 10.2 Å². The number of aliphatic hydroxyl groups excluding tert-OH is 1. The zero-order chi connectivity index (χ0) is 16.0. The largest absolute Gasteiger partial charge is 0.480 e. The van der Waals surface area contributed by atoms with Gasteiger partial charge in [-0.15, -0.1) is 0 Å². The smallest absolute Gasteiger partial charge is 0.326 e. The Bertz CT molecular complexity index is 360. The van der Waals surface area contributed by atoms with E-state index in [0.29, 0.717) is 32.2 Å². The molecule has 1 heterocycles. The van der Waals surface area contributed by atoms with Crippen LogP contribution in [0.1, 0.15) is 52.9 Å². The molecule has 0 spiro atoms. The summed E-state index contributed by atoms with van der Waals surface area (Å²) >= 11 is 0. The van der Waals surface area contributed by atoms with Gasteiger partial charge in [-0.2, -0.15) is 0 Å². The van der Waals surface area contributed by atoms with Crippen LogP contribution < -0.4 is 5.32 Å². The number of hydrogen-bond acceptors (Lipinski definition) is 4. The van der Waals surface area contributed by atoms with E-state index in [9.17, 15) is 19.8 Å². The predicted octanol–water partition coefficient (Wildman–Crippen LogP) is 1.18. The van der Waals surface area contributed by atoms with E-state index in [1.54, 1.807) is 0 Å². The minimum Gasteiger partial charge on any atom is -0.480 e. The summed E-state index contributed by atoms with van der Waals surface area (Å²) in [5, 5.41) is 22.1. The van der Waals surface area contributed by atoms with Crippen molar-refractivity contribution in [3.05, 3.63) is 0 Å². The van der Waals surface area contributed by atoms with Crippen LogP contribution in [0.15, 0.2) is 0 Å². The van der Waals surface area contributed by atoms with E-state index in [-0.39, 0.29) is 11.8 Å². The van der Waals surface area contributed by atoms with Crippen LogP contribution in [0.2, 0.25) is 0 Å². The van der Waals surface area contributed by atoms with Gasteiger partial charge in [0.2, 0.25) is 5.91 Å². The number of carbonyl (C=O) groups excluding carboxylic acids is 1. The summed E-state index contributed by atoms with van der Waals surface area (Å²) in [6, 6.07) is -1.25. The summed E-state index contributed by atoms with van der Waals surface area (Å²) in [6.07, 6.45) is 2.47. The molecule has 122 valence electrons. The fourth-order valence-corrected chi connectivity index (χ4v) is 2.79. The molecule has 0 saturated carbocycles. The van der Waals surface area contributed by atoms with Crippen molar-refractivity contribution in [3.63, 3.8) is 0 Å². The van der Waals surface area contributed by atoms with Crippen LogP contribution in [0.25, 0.3) is 0 Å². The normalized spacial score (nSPS) is 21.6. The van der Waals surface area contributed by atoms with Gasteiger partial charge in [0.05, 0.1) is 6.04 Å². The minimum atomic E-state index is -0.946. The van der Waals surface area contributed by atoms with Gasteiger partial charge >= 0.3 is 5.97 Å². The van der Waals surface area contributed by atoms with E-state index >= 15 is 0 Å². The third-order valence-corrected chi connectivity index (χ3v) is 3.78. The van der Waals surface area contributed by atoms with Gasteiger partial charge in [-0.25, -0.2) is 4.79 Å². The molecule has 3 N–H and O–H groups in total. The van der Waals surface area contributed by atoms with Gasteiger partial charge in [0.1, 0.15) is 12.3 Å². The first kappa shape index (κ1) is 17.9. The number of carboxylic acid groups (broad SMARTS) is 1. The quantitative estimate of drug-likeness (QED) is 0.586. The Labute approximate surface area is 126 Å². The molecule has 0 radical (unpaired) electrons. The number of carbonyl (C=O) groups is 2. The first-order valence-corrected chi connectivity index (χ1v) is 7.84. The second kappa shape index (κ2) is 8.34. The monoisotopic (exact) mass is 300 g/mol. The number of likely N-dealkylation sites (tertiary alicyclic amines) is 1. The number of hydrogen-bond donors (Lipinski definition) is 3. The average molecular weight is 300 g/mol. The topological polar surface area (TPSA) is 89.9 Å². The third-order valence-electron chi connectivity index (χ3n) is 3.78. The van der Waals surface area contributed by atoms with E-state index in [2.05, 4.69) is 5.32 Å². The summed E-state index contributed by atoms with van der Waals surface area (Å²) in [4.78, 5) is 25.3. The zero-order valence-electron chi connectivity index (χ0n) is 13.2. The van der Waals surface area contributed by atoms with Crippen LogP contribution in [0.4, 0.5) is 0 Å². The van der Waals surface area contributed by atoms with E-state index < -0.39 is 24.3 Å². The van der Waals surface area contributed by atoms with Crippen LogP contribution in [-0.4, -0.2) is 51.8 Å². The Kier molecular flexibility index (Phi) is 7.11. The molecule has 1 rings (SSSR count). The first-order chi connectivity index (χ1) is 9.86. The van der Waals surface area contributed by atoms with Gasteiger partial charge in [-0.1, -0.05) is 27.2 Å². The van der Waals surface area contributed by atoms with Crippen molar-refractivity contribution < 1.29 is 19.8 Å². The molecule has 6 nitrogen and oxygen atoms in total. The van der Waals surface area contributed by atoms with E-state index in [4.69, 9.17) is 0 Å². The number of carboxylic acids is 1. The minimum absolute atomic E-state index is 0.205. The fraction of sp³-hybridized carbons (Fsp3) is 0.867. The maximum absolute atomic E-state index is 12.6. The van der Waals surface area contributed by atoms with Crippen molar-refractivity contribution in [2.45, 2.75) is 71.2 Å². The van der Waals surface area contributed by atoms with E-state index in [0.717, 1.165) is 6.42 Å². The van der Waals surface area contributed by atoms with Gasteiger partial charge in [-0.05, 0) is 31.6 Å². The Hall–Kier alpha value is -1.14. The Morgan fingerprint density at radius 2 is 2.05 bits per heavy atom. The number of rotatable bonds is 8. The Balaban J connectivity index is 2.76. The molecule has 0 aliphatic carbocycles. The number of amides is 1. The van der Waals surface area contributed by atoms with Gasteiger partial charge in [-0.3, -0.25) is 10.1 Å². The summed E-state index contributed by atoms with van der Waals surface area (Å²) in [6.45, 7) is 6.46. The van der Waals surface area contributed by atoms with Gasteiger partial charge in [0, 0.05) is 6.54 Å². The summed E-state index contributed by atoms with van der Waals surface area (Å²) in [7, 11) is 0. The molecular formula is C15H28N2O4. The number of nitrogens with one attached hydrogen (secondary N) is 1. The van der Waals surface area contributed by atoms with Gasteiger partial charge < -0.3 is 15.1 Å². The van der Waals surface area contributed by atoms with E-state index in [1.807, 2.05) is 20.8 Å². The standard InChI is InChI=1S/C15H28N2O4/c1-4-6-13(18)16-11(9-10(2)3)14(19)17-8-5-7-12(17)15(20)21/h10-13,16,18H,4-9H2,1-3H3,(H,20,21). The molecule has 3 atom stereocenters. The summed E-state index contributed by atoms with van der Waals surface area (Å²) in [5.74, 6) is -0.867. The molecule has 21 heavy (non-hydrogen) atoms. The molecule has 6 heteroatoms. The van der Waals surface area contributed by atoms with Crippen molar-refractivity contribution >= 4 is 11.9 Å². The van der Waals surface area contributed by atoms with Crippen molar-refractivity contribution in [2.75, 3.05) is 6.54 Å². The Morgan fingerprint density at radius 3 is 2.57 bits per heavy atom. The van der Waals surface area contributed by atoms with Gasteiger partial charge in [0.15, 0.2) is 0 Å². The van der Waals surface area contributed by atoms with Crippen molar-refractivity contribution in [3.8, 4) is 0 Å². The maximum Gasteiger partial charge on any atom is 0.326 e. The van der Waals surface area contributed by atoms with Crippen LogP contribution in [0.5, 0.6) is 0 Å². The van der Waals surface area contributed by atoms with Crippen molar-refractivity contribution in [2.24, 2.45) is 5.92 Å². The van der Waals surface area contributed by atoms with Crippen LogP contribution >= 0.6 is 0 Å². The van der Waals surface area contributed by atoms with Crippen molar-refractivity contribution in [1.29, 1.82) is 0 Å². The molecule has 1 fully saturated rings. The molecular weight excluding hydrogens is 272 g/mol. The molecule has 1 aliphatic heterocycles. The average Bonchev–Trinajstić information content (AvgIpc) is 2.86. The van der Waals surface area contributed by atoms with Crippen LogP contribution in [-0.2, 0) is 9.59 Å². The lowest BCUT2D eigenvalue weighted by molar-refractivity contribution is -0.149. The summed E-state index contributed by atoms with van der Waals surface area (Å²) in [5.41, 5.74) is 0.